The van der Waals surface area contributed by atoms with E-state index in [1.165, 1.54) is 45.7 Å². The lowest BCUT2D eigenvalue weighted by molar-refractivity contribution is -0.119. The number of benzene rings is 2. The van der Waals surface area contributed by atoms with Gasteiger partial charge in [0.05, 0.1) is 43.2 Å². The van der Waals surface area contributed by atoms with E-state index in [1.54, 1.807) is 6.20 Å². The molecular weight excluding hydrogens is 516 g/mol. The van der Waals surface area contributed by atoms with Gasteiger partial charge >= 0.3 is 12.2 Å². The molecule has 0 unspecified atom stereocenters. The van der Waals surface area contributed by atoms with E-state index in [4.69, 9.17) is 15.2 Å². The van der Waals surface area contributed by atoms with Crippen molar-refractivity contribution in [2.45, 2.75) is 32.2 Å². The van der Waals surface area contributed by atoms with Crippen LogP contribution in [-0.2, 0) is 27.4 Å². The molecule has 2 aromatic carbocycles. The normalized spacial score (nSPS) is 18.9. The van der Waals surface area contributed by atoms with Crippen LogP contribution in [0.15, 0.2) is 42.6 Å². The number of rotatable bonds is 8. The maximum atomic E-state index is 15.1. The Hall–Kier alpha value is -4.59. The van der Waals surface area contributed by atoms with E-state index in [9.17, 15) is 14.4 Å². The third-order valence-corrected chi connectivity index (χ3v) is 6.33. The van der Waals surface area contributed by atoms with Gasteiger partial charge in [-0.3, -0.25) is 14.6 Å². The molecule has 5 rings (SSSR count). The molecule has 39 heavy (non-hydrogen) atoms. The lowest BCUT2D eigenvalue weighted by Crippen LogP contribution is -2.33. The Bertz CT molecular complexity index is 1430. The predicted octanol–water partition coefficient (Wildman–Crippen LogP) is 2.17. The highest BCUT2D eigenvalue weighted by molar-refractivity contribution is 5.91. The second-order valence-corrected chi connectivity index (χ2v) is 9.13. The molecule has 204 valence electrons. The first-order chi connectivity index (χ1) is 18.7. The minimum absolute atomic E-state index is 0.0172. The van der Waals surface area contributed by atoms with Crippen molar-refractivity contribution in [3.63, 3.8) is 0 Å². The molecule has 12 nitrogen and oxygen atoms in total. The highest BCUT2D eigenvalue weighted by Gasteiger charge is 2.34. The number of ether oxygens (including phenoxy) is 2. The molecule has 1 aromatic heterocycles. The van der Waals surface area contributed by atoms with Crippen LogP contribution in [0.25, 0.3) is 11.1 Å². The van der Waals surface area contributed by atoms with Gasteiger partial charge in [-0.1, -0.05) is 5.21 Å². The first-order valence-corrected chi connectivity index (χ1v) is 12.1. The number of aromatic nitrogens is 3. The topological polar surface area (TPSA) is 145 Å². The molecule has 2 fully saturated rings. The molecule has 3 amide bonds. The Balaban J connectivity index is 1.28. The molecule has 3 heterocycles. The number of cyclic esters (lactones) is 2. The Labute approximate surface area is 221 Å². The number of amides is 3. The number of nitrogens with zero attached hydrogens (tertiary/aromatic N) is 5. The van der Waals surface area contributed by atoms with Gasteiger partial charge in [0, 0.05) is 30.8 Å². The summed E-state index contributed by atoms with van der Waals surface area (Å²) in [6.07, 6.45) is -0.774. The lowest BCUT2D eigenvalue weighted by atomic mass is 10.0. The fourth-order valence-electron chi connectivity index (χ4n) is 4.43. The van der Waals surface area contributed by atoms with Crippen LogP contribution in [0.4, 0.5) is 29.7 Å². The summed E-state index contributed by atoms with van der Waals surface area (Å²) in [5, 5.41) is 10.4. The van der Waals surface area contributed by atoms with Crippen molar-refractivity contribution in [2.24, 2.45) is 5.73 Å². The first kappa shape index (κ1) is 26.0. The van der Waals surface area contributed by atoms with Crippen molar-refractivity contribution < 1.29 is 32.6 Å². The van der Waals surface area contributed by atoms with Crippen molar-refractivity contribution >= 4 is 29.5 Å². The monoisotopic (exact) mass is 541 g/mol. The molecule has 14 heteroatoms. The third-order valence-electron chi connectivity index (χ3n) is 6.33. The fourth-order valence-corrected chi connectivity index (χ4v) is 4.43. The van der Waals surface area contributed by atoms with E-state index >= 15 is 8.78 Å². The largest absolute Gasteiger partial charge is 0.442 e. The smallest absolute Gasteiger partial charge is 0.414 e. The third kappa shape index (κ3) is 5.50. The number of carbonyl (C=O) groups excluding carboxylic acids is 3. The highest BCUT2D eigenvalue weighted by atomic mass is 19.1. The van der Waals surface area contributed by atoms with Gasteiger partial charge < -0.3 is 20.5 Å². The molecular formula is C25H25F2N7O5. The maximum Gasteiger partial charge on any atom is 0.414 e. The summed E-state index contributed by atoms with van der Waals surface area (Å²) >= 11 is 0. The highest BCUT2D eigenvalue weighted by Crippen LogP contribution is 2.33. The predicted molar refractivity (Wildman–Crippen MR) is 134 cm³/mol. The maximum absolute atomic E-state index is 15.1. The molecule has 2 aliphatic rings. The summed E-state index contributed by atoms with van der Waals surface area (Å²) in [4.78, 5) is 38.3. The minimum atomic E-state index is -0.748. The number of halogens is 2. The summed E-state index contributed by atoms with van der Waals surface area (Å²) < 4.78 is 42.3. The average Bonchev–Trinajstić information content (AvgIpc) is 3.61. The van der Waals surface area contributed by atoms with Gasteiger partial charge in [-0.05, 0) is 36.4 Å². The second-order valence-electron chi connectivity index (χ2n) is 9.13. The molecule has 0 aliphatic carbocycles. The van der Waals surface area contributed by atoms with Crippen molar-refractivity contribution in [1.29, 1.82) is 0 Å². The van der Waals surface area contributed by atoms with E-state index in [-0.39, 0.29) is 61.1 Å². The number of hydrogen-bond acceptors (Lipinski definition) is 8. The van der Waals surface area contributed by atoms with Crippen LogP contribution in [-0.4, -0.2) is 64.9 Å². The van der Waals surface area contributed by atoms with Gasteiger partial charge in [-0.25, -0.2) is 23.1 Å². The quantitative estimate of drug-likeness (QED) is 0.442. The van der Waals surface area contributed by atoms with Gasteiger partial charge in [0.1, 0.15) is 23.8 Å². The minimum Gasteiger partial charge on any atom is -0.442 e. The number of carbonyl (C=O) groups is 3. The van der Waals surface area contributed by atoms with E-state index in [1.807, 2.05) is 0 Å². The summed E-state index contributed by atoms with van der Waals surface area (Å²) in [6, 6.07) is 7.98. The van der Waals surface area contributed by atoms with Crippen LogP contribution in [0.2, 0.25) is 0 Å². The standard InChI is InChI=1S/C25H25F2N7O5/c1-14(35)29-9-18-12-33(24(36)38-18)16-2-4-20(22(26)6-16)21-5-3-17(7-23(21)27)34-13-19(39-25(34)37)11-32-10-15(8-28)30-31-32/h2-7,10,18-19H,8-9,11-13,28H2,1H3,(H,29,35)/t18-,19-/m0/s1. The van der Waals surface area contributed by atoms with E-state index < -0.39 is 36.0 Å². The number of hydrogen-bond donors (Lipinski definition) is 2. The van der Waals surface area contributed by atoms with Crippen molar-refractivity contribution in [3.8, 4) is 11.1 Å². The second kappa shape index (κ2) is 10.6. The summed E-state index contributed by atoms with van der Waals surface area (Å²) in [6.45, 7) is 2.26. The number of anilines is 2. The molecule has 3 N–H and O–H groups in total. The van der Waals surface area contributed by atoms with Crippen LogP contribution >= 0.6 is 0 Å². The van der Waals surface area contributed by atoms with Crippen LogP contribution in [0.1, 0.15) is 12.6 Å². The van der Waals surface area contributed by atoms with Gasteiger partial charge in [0.15, 0.2) is 0 Å². The zero-order chi connectivity index (χ0) is 27.7. The van der Waals surface area contributed by atoms with Gasteiger partial charge in [0.2, 0.25) is 5.91 Å². The van der Waals surface area contributed by atoms with E-state index in [2.05, 4.69) is 15.6 Å². The Morgan fingerprint density at radius 1 is 1.00 bits per heavy atom. The Morgan fingerprint density at radius 2 is 1.56 bits per heavy atom. The summed E-state index contributed by atoms with van der Waals surface area (Å²) in [5.74, 6) is -1.75. The molecule has 2 saturated heterocycles. The van der Waals surface area contributed by atoms with Gasteiger partial charge in [0.25, 0.3) is 0 Å². The zero-order valence-corrected chi connectivity index (χ0v) is 20.8. The van der Waals surface area contributed by atoms with Crippen LogP contribution < -0.4 is 20.9 Å². The molecule has 0 spiro atoms. The Kier molecular flexibility index (Phi) is 7.11. The zero-order valence-electron chi connectivity index (χ0n) is 20.8. The molecule has 2 aliphatic heterocycles. The van der Waals surface area contributed by atoms with Crippen LogP contribution in [0.5, 0.6) is 0 Å². The molecule has 0 saturated carbocycles. The van der Waals surface area contributed by atoms with Crippen molar-refractivity contribution in [1.82, 2.24) is 20.3 Å². The average molecular weight is 542 g/mol. The lowest BCUT2D eigenvalue weighted by Gasteiger charge is -2.16. The van der Waals surface area contributed by atoms with Crippen molar-refractivity contribution in [3.05, 3.63) is 59.9 Å². The molecule has 2 atom stereocenters. The van der Waals surface area contributed by atoms with E-state index in [0.29, 0.717) is 5.69 Å². The number of nitrogens with two attached hydrogens (primary N) is 1. The Morgan fingerprint density at radius 3 is 2.08 bits per heavy atom. The first-order valence-electron chi connectivity index (χ1n) is 12.1. The van der Waals surface area contributed by atoms with Gasteiger partial charge in [-0.2, -0.15) is 0 Å². The summed E-state index contributed by atoms with van der Waals surface area (Å²) in [7, 11) is 0. The van der Waals surface area contributed by atoms with Gasteiger partial charge in [-0.15, -0.1) is 5.10 Å². The molecule has 0 radical (unpaired) electrons. The van der Waals surface area contributed by atoms with Crippen LogP contribution in [0, 0.1) is 11.6 Å². The fraction of sp³-hybridized carbons (Fsp3) is 0.320. The van der Waals surface area contributed by atoms with E-state index in [0.717, 1.165) is 12.1 Å². The summed E-state index contributed by atoms with van der Waals surface area (Å²) in [5.41, 5.74) is 6.59. The SMILES string of the molecule is CC(=O)NC[C@H]1CN(c2ccc(-c3ccc(N4C[C@H](Cn5cc(CN)nn5)OC4=O)cc3F)c(F)c2)C(=O)O1. The molecule has 0 bridgehead atoms. The number of nitrogens with one attached hydrogen (secondary N) is 1. The van der Waals surface area contributed by atoms with Crippen molar-refractivity contribution in [2.75, 3.05) is 29.4 Å². The van der Waals surface area contributed by atoms with Crippen LogP contribution in [0.3, 0.4) is 0 Å². The molecule has 3 aromatic rings.